The maximum Gasteiger partial charge on any atom is 0.276 e. The maximum atomic E-state index is 12.0. The molecule has 0 saturated carbocycles. The molecule has 6 nitrogen and oxygen atoms in total. The van der Waals surface area contributed by atoms with E-state index in [4.69, 9.17) is 5.26 Å². The number of carbonyl (C=O) groups excluding carboxylic acids is 1. The number of nitriles is 1. The molecule has 0 saturated heterocycles. The summed E-state index contributed by atoms with van der Waals surface area (Å²) in [4.78, 5) is 22.5. The average molecular weight is 347 g/mol. The summed E-state index contributed by atoms with van der Waals surface area (Å²) in [5.41, 5.74) is 1.39. The van der Waals surface area contributed by atoms with Gasteiger partial charge in [0.15, 0.2) is 0 Å². The standard InChI is InChI=1S/C20H17N3O3/c21-15-18(20(24)22-14-13-16-7-2-1-3-8-16)11-6-10-17-9-4-5-12-19(17)23(25)26/h1-12H,13-14H2,(H,22,24). The molecule has 0 radical (unpaired) electrons. The van der Waals surface area contributed by atoms with Gasteiger partial charge >= 0.3 is 0 Å². The molecule has 0 aliphatic heterocycles. The molecule has 2 rings (SSSR count). The summed E-state index contributed by atoms with van der Waals surface area (Å²) in [5.74, 6) is -0.476. The molecule has 0 aliphatic carbocycles. The molecule has 1 N–H and O–H groups in total. The third kappa shape index (κ3) is 5.42. The van der Waals surface area contributed by atoms with Crippen molar-refractivity contribution in [2.75, 3.05) is 6.54 Å². The number of carbonyl (C=O) groups is 1. The summed E-state index contributed by atoms with van der Waals surface area (Å²) in [7, 11) is 0. The summed E-state index contributed by atoms with van der Waals surface area (Å²) in [5, 5.41) is 22.8. The Hall–Kier alpha value is -3.72. The molecule has 0 aromatic heterocycles. The van der Waals surface area contributed by atoms with Crippen molar-refractivity contribution in [2.24, 2.45) is 0 Å². The van der Waals surface area contributed by atoms with Crippen molar-refractivity contribution in [2.45, 2.75) is 6.42 Å². The highest BCUT2D eigenvalue weighted by Gasteiger charge is 2.10. The van der Waals surface area contributed by atoms with E-state index in [0.717, 1.165) is 5.56 Å². The Kier molecular flexibility index (Phi) is 6.83. The number of hydrogen-bond donors (Lipinski definition) is 1. The molecule has 26 heavy (non-hydrogen) atoms. The number of nitrogens with one attached hydrogen (secondary N) is 1. The Morgan fingerprint density at radius 2 is 1.85 bits per heavy atom. The van der Waals surface area contributed by atoms with Gasteiger partial charge in [0, 0.05) is 12.6 Å². The molecule has 2 aromatic carbocycles. The lowest BCUT2D eigenvalue weighted by molar-refractivity contribution is -0.385. The van der Waals surface area contributed by atoms with Crippen molar-refractivity contribution in [1.29, 1.82) is 5.26 Å². The number of allylic oxidation sites excluding steroid dienone is 2. The minimum absolute atomic E-state index is 0.0389. The number of nitrogens with zero attached hydrogens (tertiary/aromatic N) is 2. The van der Waals surface area contributed by atoms with E-state index < -0.39 is 10.8 Å². The van der Waals surface area contributed by atoms with Gasteiger partial charge in [0.05, 0.1) is 10.5 Å². The van der Waals surface area contributed by atoms with Gasteiger partial charge in [-0.25, -0.2) is 0 Å². The zero-order valence-corrected chi connectivity index (χ0v) is 14.0. The minimum Gasteiger partial charge on any atom is -0.351 e. The second-order valence-corrected chi connectivity index (χ2v) is 5.36. The number of rotatable bonds is 7. The molecule has 2 aromatic rings. The first kappa shape index (κ1) is 18.6. The van der Waals surface area contributed by atoms with E-state index >= 15 is 0 Å². The average Bonchev–Trinajstić information content (AvgIpc) is 2.66. The van der Waals surface area contributed by atoms with E-state index in [9.17, 15) is 14.9 Å². The molecule has 130 valence electrons. The van der Waals surface area contributed by atoms with Crippen LogP contribution in [0.2, 0.25) is 0 Å². The lowest BCUT2D eigenvalue weighted by atomic mass is 10.1. The van der Waals surface area contributed by atoms with Crippen molar-refractivity contribution in [1.82, 2.24) is 5.32 Å². The SMILES string of the molecule is N#CC(=CC=Cc1ccccc1[N+](=O)[O-])C(=O)NCCc1ccccc1. The van der Waals surface area contributed by atoms with Crippen LogP contribution >= 0.6 is 0 Å². The van der Waals surface area contributed by atoms with Crippen molar-refractivity contribution >= 4 is 17.7 Å². The fraction of sp³-hybridized carbons (Fsp3) is 0.100. The zero-order valence-electron chi connectivity index (χ0n) is 14.0. The predicted molar refractivity (Wildman–Crippen MR) is 99.0 cm³/mol. The molecule has 0 bridgehead atoms. The number of benzene rings is 2. The Morgan fingerprint density at radius 3 is 2.54 bits per heavy atom. The van der Waals surface area contributed by atoms with Crippen LogP contribution in [0.4, 0.5) is 5.69 Å². The number of hydrogen-bond acceptors (Lipinski definition) is 4. The van der Waals surface area contributed by atoms with Gasteiger partial charge in [-0.1, -0.05) is 48.5 Å². The van der Waals surface area contributed by atoms with Gasteiger partial charge < -0.3 is 5.32 Å². The summed E-state index contributed by atoms with van der Waals surface area (Å²) in [6, 6.07) is 17.8. The van der Waals surface area contributed by atoms with Crippen LogP contribution in [0.25, 0.3) is 6.08 Å². The highest BCUT2D eigenvalue weighted by Crippen LogP contribution is 2.19. The minimum atomic E-state index is -0.481. The molecule has 0 unspecified atom stereocenters. The quantitative estimate of drug-likeness (QED) is 0.273. The Morgan fingerprint density at radius 1 is 1.15 bits per heavy atom. The Balaban J connectivity index is 1.98. The number of amides is 1. The van der Waals surface area contributed by atoms with Gasteiger partial charge in [-0.05, 0) is 30.2 Å². The van der Waals surface area contributed by atoms with E-state index in [1.807, 2.05) is 36.4 Å². The highest BCUT2D eigenvalue weighted by atomic mass is 16.6. The summed E-state index contributed by atoms with van der Waals surface area (Å²) in [6.07, 6.45) is 4.95. The molecule has 1 amide bonds. The fourth-order valence-electron chi connectivity index (χ4n) is 2.27. The van der Waals surface area contributed by atoms with Crippen LogP contribution in [0.3, 0.4) is 0 Å². The second kappa shape index (κ2) is 9.55. The van der Waals surface area contributed by atoms with E-state index in [2.05, 4.69) is 5.32 Å². The lowest BCUT2D eigenvalue weighted by Crippen LogP contribution is -2.26. The molecule has 0 atom stereocenters. The number of nitro groups is 1. The first-order valence-electron chi connectivity index (χ1n) is 7.96. The largest absolute Gasteiger partial charge is 0.351 e. The van der Waals surface area contributed by atoms with Gasteiger partial charge in [0.25, 0.3) is 11.6 Å². The number of para-hydroxylation sites is 1. The molecular formula is C20H17N3O3. The lowest BCUT2D eigenvalue weighted by Gasteiger charge is -2.04. The molecule has 0 fully saturated rings. The monoisotopic (exact) mass is 347 g/mol. The van der Waals surface area contributed by atoms with Gasteiger partial charge in [0.2, 0.25) is 0 Å². The van der Waals surface area contributed by atoms with Crippen LogP contribution < -0.4 is 5.32 Å². The van der Waals surface area contributed by atoms with E-state index in [1.165, 1.54) is 24.3 Å². The van der Waals surface area contributed by atoms with Gasteiger partial charge in [0.1, 0.15) is 11.6 Å². The third-order valence-electron chi connectivity index (χ3n) is 3.58. The molecule has 6 heteroatoms. The number of nitro benzene ring substituents is 1. The Labute approximate surface area is 151 Å². The van der Waals surface area contributed by atoms with Crippen LogP contribution in [0, 0.1) is 21.4 Å². The molecule has 0 heterocycles. The van der Waals surface area contributed by atoms with Gasteiger partial charge in [-0.2, -0.15) is 5.26 Å². The van der Waals surface area contributed by atoms with Crippen molar-refractivity contribution < 1.29 is 9.72 Å². The highest BCUT2D eigenvalue weighted by molar-refractivity contribution is 5.97. The maximum absolute atomic E-state index is 12.0. The molecule has 0 aliphatic rings. The van der Waals surface area contributed by atoms with Crippen molar-refractivity contribution in [3.05, 3.63) is 93.6 Å². The summed E-state index contributed by atoms with van der Waals surface area (Å²) >= 11 is 0. The van der Waals surface area contributed by atoms with Crippen molar-refractivity contribution in [3.63, 3.8) is 0 Å². The third-order valence-corrected chi connectivity index (χ3v) is 3.58. The van der Waals surface area contributed by atoms with Crippen LogP contribution in [-0.2, 0) is 11.2 Å². The smallest absolute Gasteiger partial charge is 0.276 e. The van der Waals surface area contributed by atoms with Gasteiger partial charge in [-0.3, -0.25) is 14.9 Å². The van der Waals surface area contributed by atoms with E-state index in [1.54, 1.807) is 18.2 Å². The van der Waals surface area contributed by atoms with Crippen LogP contribution in [0.1, 0.15) is 11.1 Å². The van der Waals surface area contributed by atoms with E-state index in [-0.39, 0.29) is 11.3 Å². The zero-order chi connectivity index (χ0) is 18.8. The van der Waals surface area contributed by atoms with E-state index in [0.29, 0.717) is 18.5 Å². The fourth-order valence-corrected chi connectivity index (χ4v) is 2.27. The van der Waals surface area contributed by atoms with Crippen LogP contribution in [0.15, 0.2) is 72.3 Å². The topological polar surface area (TPSA) is 96.0 Å². The van der Waals surface area contributed by atoms with Crippen LogP contribution in [-0.4, -0.2) is 17.4 Å². The first-order valence-corrected chi connectivity index (χ1v) is 7.96. The molecular weight excluding hydrogens is 330 g/mol. The molecule has 0 spiro atoms. The van der Waals surface area contributed by atoms with Crippen LogP contribution in [0.5, 0.6) is 0 Å². The normalized spacial score (nSPS) is 11.1. The van der Waals surface area contributed by atoms with Crippen molar-refractivity contribution in [3.8, 4) is 6.07 Å². The van der Waals surface area contributed by atoms with Gasteiger partial charge in [-0.15, -0.1) is 0 Å². The first-order chi connectivity index (χ1) is 12.6. The summed E-state index contributed by atoms with van der Waals surface area (Å²) < 4.78 is 0. The Bertz CT molecular complexity index is 881. The summed E-state index contributed by atoms with van der Waals surface area (Å²) in [6.45, 7) is 0.412. The second-order valence-electron chi connectivity index (χ2n) is 5.36. The predicted octanol–water partition coefficient (Wildman–Crippen LogP) is 3.42.